The van der Waals surface area contributed by atoms with Gasteiger partial charge in [-0.15, -0.1) is 0 Å². The molecule has 0 saturated heterocycles. The highest BCUT2D eigenvalue weighted by molar-refractivity contribution is 5.68. The molecule has 0 aliphatic carbocycles. The van der Waals surface area contributed by atoms with Crippen molar-refractivity contribution in [2.75, 3.05) is 27.7 Å². The highest BCUT2D eigenvalue weighted by Crippen LogP contribution is 2.18. The largest absolute Gasteiger partial charge is 0.481 e. The Morgan fingerprint density at radius 3 is 1.59 bits per heavy atom. The zero-order chi connectivity index (χ0) is 22.0. The van der Waals surface area contributed by atoms with Crippen molar-refractivity contribution in [2.45, 2.75) is 115 Å². The molecule has 0 rings (SSSR count). The van der Waals surface area contributed by atoms with E-state index < -0.39 is 11.6 Å². The molecule has 4 nitrogen and oxygen atoms in total. The van der Waals surface area contributed by atoms with Crippen LogP contribution in [0.15, 0.2) is 12.2 Å². The van der Waals surface area contributed by atoms with Crippen LogP contribution in [0.1, 0.15) is 110 Å². The number of hydrogen-bond acceptors (Lipinski definition) is 2. The zero-order valence-electron chi connectivity index (χ0n) is 19.9. The van der Waals surface area contributed by atoms with Crippen LogP contribution in [0.3, 0.4) is 0 Å². The Hall–Kier alpha value is -0.870. The topological polar surface area (TPSA) is 57.5 Å². The third-order valence-electron chi connectivity index (χ3n) is 5.36. The molecule has 0 amide bonds. The Morgan fingerprint density at radius 2 is 1.21 bits per heavy atom. The lowest BCUT2D eigenvalue weighted by atomic mass is 9.97. The minimum atomic E-state index is -1.26. The molecule has 0 spiro atoms. The van der Waals surface area contributed by atoms with Gasteiger partial charge in [-0.05, 0) is 12.8 Å². The molecular formula is C25H50NO3+. The van der Waals surface area contributed by atoms with Crippen LogP contribution in [0.2, 0.25) is 0 Å². The summed E-state index contributed by atoms with van der Waals surface area (Å²) >= 11 is 0. The predicted octanol–water partition coefficient (Wildman–Crippen LogP) is 6.33. The second kappa shape index (κ2) is 16.9. The molecule has 0 aliphatic heterocycles. The minimum absolute atomic E-state index is 0.238. The first kappa shape index (κ1) is 28.1. The van der Waals surface area contributed by atoms with E-state index in [1.165, 1.54) is 83.5 Å². The maximum Gasteiger partial charge on any atom is 0.306 e. The van der Waals surface area contributed by atoms with E-state index in [4.69, 9.17) is 5.11 Å². The molecule has 0 heterocycles. The number of aliphatic hydroxyl groups is 1. The van der Waals surface area contributed by atoms with Crippen molar-refractivity contribution in [3.63, 3.8) is 0 Å². The summed E-state index contributed by atoms with van der Waals surface area (Å²) in [4.78, 5) is 11.1. The van der Waals surface area contributed by atoms with Crippen molar-refractivity contribution in [3.05, 3.63) is 12.2 Å². The van der Waals surface area contributed by atoms with E-state index >= 15 is 0 Å². The SMILES string of the molecule is CCCCCCCCCCCCCCCCC=CC(O)(CC(=O)O)C[N+](C)(C)C. The van der Waals surface area contributed by atoms with E-state index in [1.54, 1.807) is 6.08 Å². The van der Waals surface area contributed by atoms with Crippen LogP contribution in [-0.2, 0) is 4.79 Å². The summed E-state index contributed by atoms with van der Waals surface area (Å²) in [7, 11) is 5.90. The van der Waals surface area contributed by atoms with Crippen LogP contribution in [0.25, 0.3) is 0 Å². The molecule has 0 radical (unpaired) electrons. The number of aliphatic carboxylic acids is 1. The van der Waals surface area contributed by atoms with E-state index in [-0.39, 0.29) is 6.42 Å². The number of hydrogen-bond donors (Lipinski definition) is 2. The summed E-state index contributed by atoms with van der Waals surface area (Å²) in [5, 5.41) is 19.7. The van der Waals surface area contributed by atoms with Crippen LogP contribution in [0.5, 0.6) is 0 Å². The fourth-order valence-corrected chi connectivity index (χ4v) is 4.01. The van der Waals surface area contributed by atoms with Gasteiger partial charge in [-0.25, -0.2) is 0 Å². The van der Waals surface area contributed by atoms with Crippen molar-refractivity contribution < 1.29 is 19.5 Å². The zero-order valence-corrected chi connectivity index (χ0v) is 19.9. The maximum absolute atomic E-state index is 11.1. The maximum atomic E-state index is 11.1. The molecule has 0 aromatic heterocycles. The first-order valence-electron chi connectivity index (χ1n) is 12.1. The van der Waals surface area contributed by atoms with Crippen LogP contribution in [-0.4, -0.2) is 54.0 Å². The number of carboxylic acid groups (broad SMARTS) is 1. The first-order chi connectivity index (χ1) is 13.7. The summed E-state index contributed by atoms with van der Waals surface area (Å²) in [5.74, 6) is -0.956. The third kappa shape index (κ3) is 20.2. The highest BCUT2D eigenvalue weighted by Gasteiger charge is 2.33. The quantitative estimate of drug-likeness (QED) is 0.140. The molecule has 172 valence electrons. The Morgan fingerprint density at radius 1 is 0.793 bits per heavy atom. The fraction of sp³-hybridized carbons (Fsp3) is 0.880. The number of likely N-dealkylation sites (N-methyl/N-ethyl adjacent to an activating group) is 1. The second-order valence-corrected chi connectivity index (χ2v) is 9.91. The van der Waals surface area contributed by atoms with Gasteiger partial charge in [-0.1, -0.05) is 103 Å². The van der Waals surface area contributed by atoms with Gasteiger partial charge in [0.15, 0.2) is 0 Å². The summed E-state index contributed by atoms with van der Waals surface area (Å²) in [5.41, 5.74) is -1.26. The fourth-order valence-electron chi connectivity index (χ4n) is 4.01. The summed E-state index contributed by atoms with van der Waals surface area (Å²) in [6.45, 7) is 2.67. The molecule has 29 heavy (non-hydrogen) atoms. The van der Waals surface area contributed by atoms with E-state index in [1.807, 2.05) is 27.2 Å². The minimum Gasteiger partial charge on any atom is -0.481 e. The number of allylic oxidation sites excluding steroid dienone is 1. The average Bonchev–Trinajstić information content (AvgIpc) is 2.59. The summed E-state index contributed by atoms with van der Waals surface area (Å²) in [6, 6.07) is 0. The molecule has 0 aromatic carbocycles. The lowest BCUT2D eigenvalue weighted by Gasteiger charge is -2.32. The number of rotatable bonds is 20. The standard InChI is InChI=1S/C25H49NO3/c1-5-6-7-8-9-10-11-12-13-14-15-16-17-18-19-20-21-25(29,22-24(27)28)23-26(2,3)4/h20-21,29H,5-19,22-23H2,1-4H3/p+1. The summed E-state index contributed by atoms with van der Waals surface area (Å²) < 4.78 is 0.535. The number of unbranched alkanes of at least 4 members (excludes halogenated alkanes) is 14. The number of nitrogens with zero attached hydrogens (tertiary/aromatic N) is 1. The van der Waals surface area contributed by atoms with Crippen LogP contribution < -0.4 is 0 Å². The molecule has 0 saturated carbocycles. The molecule has 0 aromatic rings. The van der Waals surface area contributed by atoms with Gasteiger partial charge in [0.25, 0.3) is 0 Å². The normalized spacial score (nSPS) is 14.4. The van der Waals surface area contributed by atoms with Crippen LogP contribution in [0.4, 0.5) is 0 Å². The first-order valence-corrected chi connectivity index (χ1v) is 12.1. The van der Waals surface area contributed by atoms with Crippen molar-refractivity contribution in [1.82, 2.24) is 0 Å². The van der Waals surface area contributed by atoms with Gasteiger partial charge in [-0.3, -0.25) is 4.79 Å². The van der Waals surface area contributed by atoms with E-state index in [2.05, 4.69) is 6.92 Å². The van der Waals surface area contributed by atoms with Gasteiger partial charge in [-0.2, -0.15) is 0 Å². The molecular weight excluding hydrogens is 362 g/mol. The third-order valence-corrected chi connectivity index (χ3v) is 5.36. The number of carbonyl (C=O) groups is 1. The highest BCUT2D eigenvalue weighted by atomic mass is 16.4. The van der Waals surface area contributed by atoms with Crippen molar-refractivity contribution in [2.24, 2.45) is 0 Å². The van der Waals surface area contributed by atoms with E-state index in [0.717, 1.165) is 12.8 Å². The molecule has 1 unspecified atom stereocenters. The van der Waals surface area contributed by atoms with Crippen LogP contribution in [0, 0.1) is 0 Å². The van der Waals surface area contributed by atoms with Gasteiger partial charge < -0.3 is 14.7 Å². The van der Waals surface area contributed by atoms with Crippen LogP contribution >= 0.6 is 0 Å². The smallest absolute Gasteiger partial charge is 0.306 e. The van der Waals surface area contributed by atoms with Gasteiger partial charge in [0, 0.05) is 0 Å². The molecule has 0 aliphatic rings. The van der Waals surface area contributed by atoms with Crippen molar-refractivity contribution in [1.29, 1.82) is 0 Å². The molecule has 0 bridgehead atoms. The average molecular weight is 413 g/mol. The molecule has 2 N–H and O–H groups in total. The lowest BCUT2D eigenvalue weighted by molar-refractivity contribution is -0.876. The van der Waals surface area contributed by atoms with Gasteiger partial charge in [0.2, 0.25) is 0 Å². The Bertz CT molecular complexity index is 428. The monoisotopic (exact) mass is 412 g/mol. The predicted molar refractivity (Wildman–Crippen MR) is 124 cm³/mol. The van der Waals surface area contributed by atoms with E-state index in [0.29, 0.717) is 11.0 Å². The van der Waals surface area contributed by atoms with Crippen molar-refractivity contribution >= 4 is 5.97 Å². The molecule has 1 atom stereocenters. The van der Waals surface area contributed by atoms with Gasteiger partial charge >= 0.3 is 5.97 Å². The van der Waals surface area contributed by atoms with Gasteiger partial charge in [0.1, 0.15) is 12.1 Å². The summed E-state index contributed by atoms with van der Waals surface area (Å²) in [6.07, 6.45) is 23.2. The Balaban J connectivity index is 3.68. The number of carboxylic acids is 1. The van der Waals surface area contributed by atoms with Gasteiger partial charge in [0.05, 0.1) is 27.6 Å². The molecule has 0 fully saturated rings. The Labute approximate surface area is 181 Å². The molecule has 4 heteroatoms. The Kier molecular flexibility index (Phi) is 16.4. The second-order valence-electron chi connectivity index (χ2n) is 9.91. The number of quaternary nitrogens is 1. The lowest BCUT2D eigenvalue weighted by Crippen LogP contribution is -2.49. The van der Waals surface area contributed by atoms with Crippen molar-refractivity contribution in [3.8, 4) is 0 Å². The van der Waals surface area contributed by atoms with E-state index in [9.17, 15) is 9.90 Å².